The van der Waals surface area contributed by atoms with Gasteiger partial charge < -0.3 is 5.11 Å². The number of carbonyl (C=O) groups is 1. The quantitative estimate of drug-likeness (QED) is 0.406. The Balaban J connectivity index is 1.99. The van der Waals surface area contributed by atoms with Gasteiger partial charge in [0.1, 0.15) is 6.04 Å². The third-order valence-corrected chi connectivity index (χ3v) is 8.58. The van der Waals surface area contributed by atoms with E-state index in [0.717, 1.165) is 11.1 Å². The van der Waals surface area contributed by atoms with Crippen molar-refractivity contribution in [2.45, 2.75) is 81.0 Å². The molecular weight excluding hydrogens is 488 g/mol. The predicted molar refractivity (Wildman–Crippen MR) is 136 cm³/mol. The Kier molecular flexibility index (Phi) is 8.92. The molecule has 0 heterocycles. The third-order valence-electron chi connectivity index (χ3n) is 5.62. The van der Waals surface area contributed by atoms with Crippen molar-refractivity contribution >= 4 is 26.0 Å². The van der Waals surface area contributed by atoms with Crippen LogP contribution in [0.4, 0.5) is 0 Å². The van der Waals surface area contributed by atoms with Gasteiger partial charge in [0.05, 0.1) is 9.79 Å². The summed E-state index contributed by atoms with van der Waals surface area (Å²) in [4.78, 5) is 11.7. The van der Waals surface area contributed by atoms with Crippen molar-refractivity contribution in [3.05, 3.63) is 59.7 Å². The Labute approximate surface area is 209 Å². The summed E-state index contributed by atoms with van der Waals surface area (Å²) in [6.07, 6.45) is 0.0435. The zero-order valence-corrected chi connectivity index (χ0v) is 22.8. The highest BCUT2D eigenvalue weighted by Crippen LogP contribution is 2.24. The average molecular weight is 525 g/mol. The molecule has 194 valence electrons. The van der Waals surface area contributed by atoms with E-state index in [1.807, 2.05) is 41.5 Å². The van der Waals surface area contributed by atoms with Gasteiger partial charge in [-0.25, -0.2) is 21.6 Å². The van der Waals surface area contributed by atoms with E-state index in [1.165, 1.54) is 24.3 Å². The number of benzene rings is 2. The van der Waals surface area contributed by atoms with Crippen LogP contribution >= 0.6 is 0 Å². The molecule has 8 nitrogen and oxygen atoms in total. The van der Waals surface area contributed by atoms with Crippen LogP contribution < -0.4 is 9.44 Å². The fraction of sp³-hybridized carbons (Fsp3) is 0.480. The van der Waals surface area contributed by atoms with Gasteiger partial charge >= 0.3 is 5.97 Å². The lowest BCUT2D eigenvalue weighted by molar-refractivity contribution is -0.139. The van der Waals surface area contributed by atoms with Crippen LogP contribution in [-0.2, 0) is 35.7 Å². The predicted octanol–water partition coefficient (Wildman–Crippen LogP) is 3.77. The average Bonchev–Trinajstić information content (AvgIpc) is 2.74. The van der Waals surface area contributed by atoms with E-state index >= 15 is 0 Å². The molecule has 0 spiro atoms. The van der Waals surface area contributed by atoms with Crippen LogP contribution in [0, 0.1) is 0 Å². The zero-order valence-electron chi connectivity index (χ0n) is 21.1. The van der Waals surface area contributed by atoms with Crippen molar-refractivity contribution in [3.63, 3.8) is 0 Å². The normalized spacial score (nSPS) is 14.0. The monoisotopic (exact) mass is 524 g/mol. The van der Waals surface area contributed by atoms with Crippen LogP contribution in [0.1, 0.15) is 65.5 Å². The van der Waals surface area contributed by atoms with E-state index in [2.05, 4.69) is 9.44 Å². The number of aliphatic carboxylic acids is 1. The molecule has 1 unspecified atom stereocenters. The maximum Gasteiger partial charge on any atom is 0.321 e. The molecule has 0 aliphatic heterocycles. The van der Waals surface area contributed by atoms with Crippen molar-refractivity contribution < 1.29 is 26.7 Å². The molecule has 3 N–H and O–H groups in total. The van der Waals surface area contributed by atoms with Crippen LogP contribution in [0.2, 0.25) is 0 Å². The van der Waals surface area contributed by atoms with Crippen LogP contribution in [0.3, 0.4) is 0 Å². The van der Waals surface area contributed by atoms with Crippen molar-refractivity contribution in [3.8, 4) is 0 Å². The molecule has 0 amide bonds. The van der Waals surface area contributed by atoms with Crippen LogP contribution in [0.25, 0.3) is 0 Å². The highest BCUT2D eigenvalue weighted by Gasteiger charge is 2.26. The van der Waals surface area contributed by atoms with Crippen molar-refractivity contribution in [1.29, 1.82) is 0 Å². The molecule has 2 aromatic rings. The summed E-state index contributed by atoms with van der Waals surface area (Å²) in [7, 11) is -7.83. The summed E-state index contributed by atoms with van der Waals surface area (Å²) in [5.41, 5.74) is 1.69. The van der Waals surface area contributed by atoms with Gasteiger partial charge in [-0.15, -0.1) is 0 Å². The molecule has 0 aromatic heterocycles. The first kappa shape index (κ1) is 29.0. The van der Waals surface area contributed by atoms with E-state index < -0.39 is 32.1 Å². The number of nitrogens with one attached hydrogen (secondary N) is 2. The molecule has 1 atom stereocenters. The first-order chi connectivity index (χ1) is 15.9. The Bertz CT molecular complexity index is 1220. The summed E-state index contributed by atoms with van der Waals surface area (Å²) < 4.78 is 55.1. The number of carboxylic acid groups (broad SMARTS) is 1. The zero-order chi connectivity index (χ0) is 26.7. The van der Waals surface area contributed by atoms with E-state index in [9.17, 15) is 26.7 Å². The van der Waals surface area contributed by atoms with Crippen LogP contribution in [0.5, 0.6) is 0 Å². The second-order valence-electron chi connectivity index (χ2n) is 10.6. The molecule has 0 aliphatic carbocycles. The molecule has 2 rings (SSSR count). The van der Waals surface area contributed by atoms with Gasteiger partial charge in [0.25, 0.3) is 0 Å². The molecule has 0 fully saturated rings. The van der Waals surface area contributed by atoms with Gasteiger partial charge in [-0.3, -0.25) is 4.79 Å². The second kappa shape index (κ2) is 10.8. The number of carboxylic acids is 1. The molecular formula is C25H36N2O6S2. The van der Waals surface area contributed by atoms with E-state index in [1.54, 1.807) is 24.3 Å². The summed E-state index contributed by atoms with van der Waals surface area (Å²) in [6.45, 7) is 12.1. The summed E-state index contributed by atoms with van der Waals surface area (Å²) >= 11 is 0. The van der Waals surface area contributed by atoms with E-state index in [-0.39, 0.29) is 40.0 Å². The third kappa shape index (κ3) is 8.13. The van der Waals surface area contributed by atoms with Gasteiger partial charge in [0.15, 0.2) is 0 Å². The van der Waals surface area contributed by atoms with Gasteiger partial charge in [0, 0.05) is 6.54 Å². The Morgan fingerprint density at radius 3 is 1.54 bits per heavy atom. The van der Waals surface area contributed by atoms with Gasteiger partial charge in [-0.2, -0.15) is 4.72 Å². The van der Waals surface area contributed by atoms with Crippen LogP contribution in [0.15, 0.2) is 58.3 Å². The smallest absolute Gasteiger partial charge is 0.321 e. The Morgan fingerprint density at radius 1 is 0.771 bits per heavy atom. The Hall–Kier alpha value is -2.27. The molecule has 2 aromatic carbocycles. The summed E-state index contributed by atoms with van der Waals surface area (Å²) in [5, 5.41) is 9.50. The molecule has 35 heavy (non-hydrogen) atoms. The molecule has 0 radical (unpaired) electrons. The molecule has 10 heteroatoms. The van der Waals surface area contributed by atoms with Crippen molar-refractivity contribution in [2.24, 2.45) is 0 Å². The maximum absolute atomic E-state index is 12.7. The fourth-order valence-corrected chi connectivity index (χ4v) is 5.65. The standard InChI is InChI=1S/C25H36N2O6S2/c1-24(2,3)18-9-13-20(14-10-18)34(30,31)26-17-7-8-22(23(28)29)27-35(32,33)21-15-11-19(12-16-21)25(4,5)6/h9-16,22,26-27H,7-8,17H2,1-6H3,(H,28,29). The first-order valence-corrected chi connectivity index (χ1v) is 14.4. The maximum atomic E-state index is 12.7. The lowest BCUT2D eigenvalue weighted by atomic mass is 9.87. The first-order valence-electron chi connectivity index (χ1n) is 11.4. The van der Waals surface area contributed by atoms with E-state index in [4.69, 9.17) is 0 Å². The summed E-state index contributed by atoms with van der Waals surface area (Å²) in [5.74, 6) is -1.33. The minimum atomic E-state index is -4.06. The Morgan fingerprint density at radius 2 is 1.17 bits per heavy atom. The molecule has 0 saturated carbocycles. The topological polar surface area (TPSA) is 130 Å². The van der Waals surface area contributed by atoms with Gasteiger partial charge in [-0.1, -0.05) is 65.8 Å². The minimum Gasteiger partial charge on any atom is -0.480 e. The number of hydrogen-bond donors (Lipinski definition) is 3. The molecule has 0 bridgehead atoms. The number of hydrogen-bond acceptors (Lipinski definition) is 5. The minimum absolute atomic E-state index is 0.0313. The SMILES string of the molecule is CC(C)(C)c1ccc(S(=O)(=O)NCCCC(NS(=O)(=O)c2ccc(C(C)(C)C)cc2)C(=O)O)cc1. The van der Waals surface area contributed by atoms with E-state index in [0.29, 0.717) is 0 Å². The molecule has 0 saturated heterocycles. The number of sulfonamides is 2. The highest BCUT2D eigenvalue weighted by atomic mass is 32.2. The van der Waals surface area contributed by atoms with Crippen molar-refractivity contribution in [1.82, 2.24) is 9.44 Å². The molecule has 0 aliphatic rings. The fourth-order valence-electron chi connectivity index (χ4n) is 3.35. The van der Waals surface area contributed by atoms with Crippen molar-refractivity contribution in [2.75, 3.05) is 6.54 Å². The second-order valence-corrected chi connectivity index (χ2v) is 14.1. The van der Waals surface area contributed by atoms with Crippen LogP contribution in [-0.4, -0.2) is 40.5 Å². The van der Waals surface area contributed by atoms with Gasteiger partial charge in [-0.05, 0) is 59.1 Å². The lowest BCUT2D eigenvalue weighted by Gasteiger charge is -2.20. The van der Waals surface area contributed by atoms with Gasteiger partial charge in [0.2, 0.25) is 20.0 Å². The lowest BCUT2D eigenvalue weighted by Crippen LogP contribution is -2.41. The highest BCUT2D eigenvalue weighted by molar-refractivity contribution is 7.89. The number of rotatable bonds is 10. The largest absolute Gasteiger partial charge is 0.480 e. The summed E-state index contributed by atoms with van der Waals surface area (Å²) in [6, 6.07) is 11.5.